The van der Waals surface area contributed by atoms with E-state index in [1.807, 2.05) is 6.92 Å². The zero-order valence-electron chi connectivity index (χ0n) is 12.6. The van der Waals surface area contributed by atoms with Crippen molar-refractivity contribution in [2.24, 2.45) is 5.41 Å². The molecule has 0 radical (unpaired) electrons. The van der Waals surface area contributed by atoms with Gasteiger partial charge in [0.2, 0.25) is 0 Å². The summed E-state index contributed by atoms with van der Waals surface area (Å²) >= 11 is 0. The third-order valence-electron chi connectivity index (χ3n) is 4.76. The minimum Gasteiger partial charge on any atom is -0.493 e. The van der Waals surface area contributed by atoms with Crippen molar-refractivity contribution in [1.29, 1.82) is 0 Å². The lowest BCUT2D eigenvalue weighted by Crippen LogP contribution is -2.32. The Morgan fingerprint density at radius 1 is 1.48 bits per heavy atom. The number of likely N-dealkylation sites (tertiary alicyclic amines) is 1. The zero-order valence-corrected chi connectivity index (χ0v) is 12.6. The van der Waals surface area contributed by atoms with E-state index in [-0.39, 0.29) is 0 Å². The van der Waals surface area contributed by atoms with Crippen molar-refractivity contribution in [2.45, 2.75) is 32.6 Å². The first-order valence-corrected chi connectivity index (χ1v) is 7.77. The molecule has 3 rings (SSSR count). The number of nitrogens with zero attached hydrogens (tertiary/aromatic N) is 1. The van der Waals surface area contributed by atoms with Gasteiger partial charge in [0.25, 0.3) is 0 Å². The number of aliphatic carboxylic acids is 1. The van der Waals surface area contributed by atoms with Gasteiger partial charge in [-0.2, -0.15) is 0 Å². The monoisotopic (exact) mass is 289 g/mol. The Kier molecular flexibility index (Phi) is 3.89. The predicted molar refractivity (Wildman–Crippen MR) is 80.8 cm³/mol. The van der Waals surface area contributed by atoms with E-state index in [0.29, 0.717) is 6.54 Å². The van der Waals surface area contributed by atoms with Crippen LogP contribution in [0.2, 0.25) is 0 Å². The molecule has 21 heavy (non-hydrogen) atoms. The van der Waals surface area contributed by atoms with E-state index in [4.69, 9.17) is 4.74 Å². The van der Waals surface area contributed by atoms with Gasteiger partial charge in [-0.15, -0.1) is 0 Å². The highest BCUT2D eigenvalue weighted by atomic mass is 16.5. The first-order chi connectivity index (χ1) is 10.1. The topological polar surface area (TPSA) is 49.8 Å². The Labute approximate surface area is 125 Å². The number of aryl methyl sites for hydroxylation is 1. The van der Waals surface area contributed by atoms with Crippen LogP contribution in [0.15, 0.2) is 18.2 Å². The van der Waals surface area contributed by atoms with Gasteiger partial charge in [0.15, 0.2) is 0 Å². The van der Waals surface area contributed by atoms with Crippen LogP contribution < -0.4 is 4.74 Å². The summed E-state index contributed by atoms with van der Waals surface area (Å²) < 4.78 is 5.52. The number of carboxylic acid groups (broad SMARTS) is 1. The summed E-state index contributed by atoms with van der Waals surface area (Å²) in [5.74, 6) is 0.374. The largest absolute Gasteiger partial charge is 0.493 e. The van der Waals surface area contributed by atoms with E-state index in [9.17, 15) is 9.90 Å². The van der Waals surface area contributed by atoms with Crippen LogP contribution >= 0.6 is 0 Å². The van der Waals surface area contributed by atoms with Gasteiger partial charge in [0.05, 0.1) is 12.0 Å². The molecule has 0 amide bonds. The molecule has 1 N–H and O–H groups in total. The molecule has 0 saturated carbocycles. The van der Waals surface area contributed by atoms with Crippen LogP contribution in [0.25, 0.3) is 0 Å². The molecular weight excluding hydrogens is 266 g/mol. The maximum atomic E-state index is 11.2. The SMILES string of the molecule is CC1(C(=O)O)CCN(CCCc2ccc3c(c2)CCO3)C1. The number of ether oxygens (including phenoxy) is 1. The van der Waals surface area contributed by atoms with E-state index in [1.165, 1.54) is 11.1 Å². The smallest absolute Gasteiger partial charge is 0.310 e. The molecule has 2 heterocycles. The summed E-state index contributed by atoms with van der Waals surface area (Å²) in [7, 11) is 0. The maximum absolute atomic E-state index is 11.2. The van der Waals surface area contributed by atoms with Crippen LogP contribution in [0.5, 0.6) is 5.75 Å². The van der Waals surface area contributed by atoms with E-state index < -0.39 is 11.4 Å². The number of hydrogen-bond acceptors (Lipinski definition) is 3. The molecule has 0 aromatic heterocycles. The fraction of sp³-hybridized carbons (Fsp3) is 0.588. The summed E-state index contributed by atoms with van der Waals surface area (Å²) in [6.45, 7) is 5.23. The third kappa shape index (κ3) is 3.05. The first-order valence-electron chi connectivity index (χ1n) is 7.77. The van der Waals surface area contributed by atoms with Gasteiger partial charge >= 0.3 is 5.97 Å². The molecule has 1 atom stereocenters. The van der Waals surface area contributed by atoms with Crippen LogP contribution in [0.4, 0.5) is 0 Å². The highest BCUT2D eigenvalue weighted by molar-refractivity contribution is 5.74. The lowest BCUT2D eigenvalue weighted by atomic mass is 9.90. The standard InChI is InChI=1S/C17H23NO3/c1-17(16(19)20)7-9-18(12-17)8-2-3-13-4-5-15-14(11-13)6-10-21-15/h4-5,11H,2-3,6-10,12H2,1H3,(H,19,20). The minimum absolute atomic E-state index is 0.551. The van der Waals surface area contributed by atoms with Crippen LogP contribution in [0.1, 0.15) is 30.9 Å². The first kappa shape index (κ1) is 14.4. The summed E-state index contributed by atoms with van der Waals surface area (Å²) in [4.78, 5) is 13.5. The van der Waals surface area contributed by atoms with Crippen molar-refractivity contribution < 1.29 is 14.6 Å². The predicted octanol–water partition coefficient (Wildman–Crippen LogP) is 2.35. The Balaban J connectivity index is 1.48. The van der Waals surface area contributed by atoms with Crippen molar-refractivity contribution in [1.82, 2.24) is 4.90 Å². The zero-order chi connectivity index (χ0) is 14.9. The quantitative estimate of drug-likeness (QED) is 0.904. The van der Waals surface area contributed by atoms with Gasteiger partial charge in [-0.05, 0) is 56.5 Å². The molecule has 114 valence electrons. The van der Waals surface area contributed by atoms with Crippen molar-refractivity contribution in [2.75, 3.05) is 26.2 Å². The molecule has 1 aromatic rings. The number of carboxylic acids is 1. The van der Waals surface area contributed by atoms with Crippen LogP contribution in [0, 0.1) is 5.41 Å². The van der Waals surface area contributed by atoms with Crippen molar-refractivity contribution in [3.05, 3.63) is 29.3 Å². The van der Waals surface area contributed by atoms with Crippen molar-refractivity contribution in [3.63, 3.8) is 0 Å². The number of rotatable bonds is 5. The summed E-state index contributed by atoms with van der Waals surface area (Å²) in [5, 5.41) is 9.24. The third-order valence-corrected chi connectivity index (χ3v) is 4.76. The fourth-order valence-corrected chi connectivity index (χ4v) is 3.32. The Morgan fingerprint density at radius 3 is 3.10 bits per heavy atom. The molecule has 0 bridgehead atoms. The second-order valence-corrected chi connectivity index (χ2v) is 6.54. The average molecular weight is 289 g/mol. The lowest BCUT2D eigenvalue weighted by Gasteiger charge is -2.20. The molecule has 1 fully saturated rings. The fourth-order valence-electron chi connectivity index (χ4n) is 3.32. The van der Waals surface area contributed by atoms with E-state index >= 15 is 0 Å². The number of carbonyl (C=O) groups is 1. The molecular formula is C17H23NO3. The van der Waals surface area contributed by atoms with Gasteiger partial charge in [-0.1, -0.05) is 12.1 Å². The van der Waals surface area contributed by atoms with Crippen LogP contribution in [0.3, 0.4) is 0 Å². The average Bonchev–Trinajstić information content (AvgIpc) is 3.06. The Bertz CT molecular complexity index is 543. The maximum Gasteiger partial charge on any atom is 0.310 e. The normalized spacial score (nSPS) is 24.8. The molecule has 1 unspecified atom stereocenters. The molecule has 4 nitrogen and oxygen atoms in total. The van der Waals surface area contributed by atoms with Gasteiger partial charge in [-0.25, -0.2) is 0 Å². The molecule has 2 aliphatic heterocycles. The van der Waals surface area contributed by atoms with Crippen molar-refractivity contribution in [3.8, 4) is 5.75 Å². The van der Waals surface area contributed by atoms with Gasteiger partial charge in [-0.3, -0.25) is 4.79 Å². The van der Waals surface area contributed by atoms with Crippen LogP contribution in [-0.2, 0) is 17.6 Å². The van der Waals surface area contributed by atoms with E-state index in [0.717, 1.165) is 51.1 Å². The Morgan fingerprint density at radius 2 is 2.33 bits per heavy atom. The summed E-state index contributed by atoms with van der Waals surface area (Å²) in [5.41, 5.74) is 2.14. The Hall–Kier alpha value is -1.55. The molecule has 4 heteroatoms. The van der Waals surface area contributed by atoms with E-state index in [2.05, 4.69) is 23.1 Å². The second kappa shape index (κ2) is 5.68. The highest BCUT2D eigenvalue weighted by Crippen LogP contribution is 2.30. The van der Waals surface area contributed by atoms with Crippen LogP contribution in [-0.4, -0.2) is 42.2 Å². The number of hydrogen-bond donors (Lipinski definition) is 1. The minimum atomic E-state index is -0.663. The molecule has 2 aliphatic rings. The summed E-state index contributed by atoms with van der Waals surface area (Å²) in [6.07, 6.45) is 3.91. The summed E-state index contributed by atoms with van der Waals surface area (Å²) in [6, 6.07) is 6.48. The van der Waals surface area contributed by atoms with Crippen molar-refractivity contribution >= 4 is 5.97 Å². The van der Waals surface area contributed by atoms with Gasteiger partial charge in [0.1, 0.15) is 5.75 Å². The van der Waals surface area contributed by atoms with Gasteiger partial charge in [0, 0.05) is 13.0 Å². The molecule has 1 saturated heterocycles. The highest BCUT2D eigenvalue weighted by Gasteiger charge is 2.39. The molecule has 0 spiro atoms. The number of benzene rings is 1. The van der Waals surface area contributed by atoms with Gasteiger partial charge < -0.3 is 14.7 Å². The molecule has 0 aliphatic carbocycles. The van der Waals surface area contributed by atoms with E-state index in [1.54, 1.807) is 0 Å². The number of fused-ring (bicyclic) bond motifs is 1. The second-order valence-electron chi connectivity index (χ2n) is 6.54. The lowest BCUT2D eigenvalue weighted by molar-refractivity contribution is -0.147. The molecule has 1 aromatic carbocycles.